The quantitative estimate of drug-likeness (QED) is 0.154. The van der Waals surface area contributed by atoms with Crippen LogP contribution >= 0.6 is 0 Å². The van der Waals surface area contributed by atoms with Crippen LogP contribution in [0, 0.1) is 25.7 Å². The Balaban J connectivity index is 0.969. The molecule has 8 nitrogen and oxygen atoms in total. The van der Waals surface area contributed by atoms with Crippen molar-refractivity contribution in [2.75, 3.05) is 63.2 Å². The van der Waals surface area contributed by atoms with Gasteiger partial charge >= 0.3 is 0 Å². The van der Waals surface area contributed by atoms with Gasteiger partial charge in [-0.25, -0.2) is 0 Å². The standard InChI is InChI=1S/C49H68N8/c1-34-12-17-56(18-13-34)48-11-7-10-39-28-51-42(25-44(39)48)31-55(6)33-47-40(21-36(3)27-53-47)22-38-23-41-29-52-43(30-54(5)32-46-37(4)9-8-16-50-46)26-45(41)49(24-38)57-19-14-35(2)15-20-57/h7-11,16,21,23-24,27,34-35,42-43,51-52H,12-15,17-20,22,25-26,28-33H2,1-6H3/t42-,43-/m1/s1. The van der Waals surface area contributed by atoms with Gasteiger partial charge in [0.15, 0.2) is 0 Å². The molecule has 2 atom stereocenters. The molecule has 8 rings (SSSR count). The number of benzene rings is 2. The zero-order valence-corrected chi connectivity index (χ0v) is 35.8. The number of piperidine rings is 2. The molecule has 0 saturated carbocycles. The van der Waals surface area contributed by atoms with Gasteiger partial charge in [-0.1, -0.05) is 44.2 Å². The molecule has 2 aromatic carbocycles. The zero-order chi connectivity index (χ0) is 39.5. The topological polar surface area (TPSA) is 62.8 Å². The van der Waals surface area contributed by atoms with Crippen LogP contribution in [0.15, 0.2) is 60.9 Å². The fraction of sp³-hybridized carbons (Fsp3) is 0.551. The van der Waals surface area contributed by atoms with Crippen LogP contribution in [0.1, 0.15) is 95.4 Å². The first-order valence-corrected chi connectivity index (χ1v) is 22.1. The Morgan fingerprint density at radius 3 is 1.96 bits per heavy atom. The fourth-order valence-corrected chi connectivity index (χ4v) is 10.0. The predicted molar refractivity (Wildman–Crippen MR) is 236 cm³/mol. The Morgan fingerprint density at radius 2 is 1.30 bits per heavy atom. The van der Waals surface area contributed by atoms with Crippen LogP contribution in [0.2, 0.25) is 0 Å². The van der Waals surface area contributed by atoms with Gasteiger partial charge in [-0.3, -0.25) is 19.8 Å². The molecule has 0 spiro atoms. The Bertz CT molecular complexity index is 1980. The molecule has 2 fully saturated rings. The number of nitrogens with one attached hydrogen (secondary N) is 2. The molecule has 0 bridgehead atoms. The number of rotatable bonds is 12. The van der Waals surface area contributed by atoms with E-state index in [2.05, 4.69) is 126 Å². The average molecular weight is 769 g/mol. The van der Waals surface area contributed by atoms with Gasteiger partial charge in [-0.2, -0.15) is 0 Å². The lowest BCUT2D eigenvalue weighted by Gasteiger charge is -2.37. The first-order chi connectivity index (χ1) is 27.6. The van der Waals surface area contributed by atoms with Crippen molar-refractivity contribution < 1.29 is 0 Å². The lowest BCUT2D eigenvalue weighted by molar-refractivity contribution is 0.270. The highest BCUT2D eigenvalue weighted by Crippen LogP contribution is 2.35. The largest absolute Gasteiger partial charge is 0.371 e. The van der Waals surface area contributed by atoms with Crippen LogP contribution in [-0.2, 0) is 45.4 Å². The third-order valence-corrected chi connectivity index (χ3v) is 13.6. The summed E-state index contributed by atoms with van der Waals surface area (Å²) in [5.74, 6) is 1.64. The molecule has 2 saturated heterocycles. The monoisotopic (exact) mass is 769 g/mol. The van der Waals surface area contributed by atoms with Crippen LogP contribution in [-0.4, -0.2) is 85.2 Å². The summed E-state index contributed by atoms with van der Waals surface area (Å²) < 4.78 is 0. The van der Waals surface area contributed by atoms with Crippen LogP contribution in [0.5, 0.6) is 0 Å². The van der Waals surface area contributed by atoms with E-state index >= 15 is 0 Å². The first kappa shape index (κ1) is 40.0. The number of pyridine rings is 2. The Morgan fingerprint density at radius 1 is 0.684 bits per heavy atom. The first-order valence-electron chi connectivity index (χ1n) is 22.1. The molecule has 0 aliphatic carbocycles. The summed E-state index contributed by atoms with van der Waals surface area (Å²) in [6.07, 6.45) is 12.2. The average Bonchev–Trinajstić information content (AvgIpc) is 3.20. The normalized spacial score (nSPS) is 20.6. The highest BCUT2D eigenvalue weighted by Gasteiger charge is 2.28. The molecule has 0 radical (unpaired) electrons. The molecule has 4 aliphatic rings. The second-order valence-corrected chi connectivity index (χ2v) is 18.5. The highest BCUT2D eigenvalue weighted by atomic mass is 15.2. The molecule has 57 heavy (non-hydrogen) atoms. The Kier molecular flexibility index (Phi) is 12.6. The number of hydrogen-bond acceptors (Lipinski definition) is 8. The molecule has 8 heteroatoms. The Hall–Kier alpha value is -3.82. The fourth-order valence-electron chi connectivity index (χ4n) is 10.0. The van der Waals surface area contributed by atoms with E-state index in [1.54, 1.807) is 11.1 Å². The molecule has 4 aromatic rings. The van der Waals surface area contributed by atoms with Gasteiger partial charge in [0.2, 0.25) is 0 Å². The van der Waals surface area contributed by atoms with E-state index in [4.69, 9.17) is 4.98 Å². The SMILES string of the molecule is Cc1cnc(CN(C)C[C@H]2Cc3c(cccc3N3CCC(C)CC3)CN2)c(Cc2cc3c(c(N4CCC(C)CC4)c2)C[C@H](CN(C)Cc2ncccc2C)NC3)c1. The number of aromatic nitrogens is 2. The number of fused-ring (bicyclic) bond motifs is 2. The molecule has 4 aliphatic heterocycles. The minimum atomic E-state index is 0.412. The maximum Gasteiger partial charge on any atom is 0.0579 e. The van der Waals surface area contributed by atoms with Crippen molar-refractivity contribution in [2.24, 2.45) is 11.8 Å². The summed E-state index contributed by atoms with van der Waals surface area (Å²) >= 11 is 0. The zero-order valence-electron chi connectivity index (χ0n) is 35.8. The molecule has 2 N–H and O–H groups in total. The van der Waals surface area contributed by atoms with Crippen molar-refractivity contribution in [3.63, 3.8) is 0 Å². The highest BCUT2D eigenvalue weighted by molar-refractivity contribution is 5.61. The molecule has 6 heterocycles. The van der Waals surface area contributed by atoms with Crippen molar-refractivity contribution in [2.45, 2.75) is 111 Å². The second-order valence-electron chi connectivity index (χ2n) is 18.5. The van der Waals surface area contributed by atoms with Crippen molar-refractivity contribution >= 4 is 11.4 Å². The van der Waals surface area contributed by atoms with Crippen LogP contribution in [0.4, 0.5) is 11.4 Å². The van der Waals surface area contributed by atoms with Gasteiger partial charge in [0.1, 0.15) is 0 Å². The van der Waals surface area contributed by atoms with Crippen molar-refractivity contribution in [1.29, 1.82) is 0 Å². The van der Waals surface area contributed by atoms with Gasteiger partial charge in [-0.15, -0.1) is 0 Å². The van der Waals surface area contributed by atoms with E-state index < -0.39 is 0 Å². The summed E-state index contributed by atoms with van der Waals surface area (Å²) in [6, 6.07) is 19.5. The summed E-state index contributed by atoms with van der Waals surface area (Å²) in [5, 5.41) is 7.83. The summed E-state index contributed by atoms with van der Waals surface area (Å²) in [6.45, 7) is 19.4. The number of likely N-dealkylation sites (N-methyl/N-ethyl adjacent to an activating group) is 2. The van der Waals surface area contributed by atoms with Crippen molar-refractivity contribution in [3.05, 3.63) is 117 Å². The maximum atomic E-state index is 5.11. The number of anilines is 2. The van der Waals surface area contributed by atoms with E-state index in [1.165, 1.54) is 94.9 Å². The van der Waals surface area contributed by atoms with Gasteiger partial charge in [0, 0.05) is 101 Å². The van der Waals surface area contributed by atoms with Crippen LogP contribution < -0.4 is 20.4 Å². The third-order valence-electron chi connectivity index (χ3n) is 13.6. The lowest BCUT2D eigenvalue weighted by Crippen LogP contribution is -2.44. The minimum absolute atomic E-state index is 0.412. The number of hydrogen-bond donors (Lipinski definition) is 2. The van der Waals surface area contributed by atoms with E-state index in [0.717, 1.165) is 83.5 Å². The molecule has 0 unspecified atom stereocenters. The van der Waals surface area contributed by atoms with E-state index in [9.17, 15) is 0 Å². The van der Waals surface area contributed by atoms with Crippen LogP contribution in [0.3, 0.4) is 0 Å². The van der Waals surface area contributed by atoms with E-state index in [0.29, 0.717) is 12.1 Å². The number of nitrogens with zero attached hydrogens (tertiary/aromatic N) is 6. The second kappa shape index (κ2) is 18.0. The Labute approximate surface area is 343 Å². The third kappa shape index (κ3) is 9.73. The van der Waals surface area contributed by atoms with Gasteiger partial charge in [0.25, 0.3) is 0 Å². The molecule has 0 amide bonds. The summed E-state index contributed by atoms with van der Waals surface area (Å²) in [4.78, 5) is 20.1. The molecular formula is C49H68N8. The smallest absolute Gasteiger partial charge is 0.0579 e. The van der Waals surface area contributed by atoms with Crippen LogP contribution in [0.25, 0.3) is 0 Å². The molecular weight excluding hydrogens is 701 g/mol. The maximum absolute atomic E-state index is 5.11. The minimum Gasteiger partial charge on any atom is -0.371 e. The lowest BCUT2D eigenvalue weighted by atomic mass is 9.88. The summed E-state index contributed by atoms with van der Waals surface area (Å²) in [7, 11) is 4.52. The van der Waals surface area contributed by atoms with Crippen molar-refractivity contribution in [3.8, 4) is 0 Å². The van der Waals surface area contributed by atoms with Gasteiger partial charge in [-0.05, 0) is 147 Å². The van der Waals surface area contributed by atoms with Gasteiger partial charge < -0.3 is 20.4 Å². The number of aryl methyl sites for hydroxylation is 2. The predicted octanol–water partition coefficient (Wildman–Crippen LogP) is 7.45. The van der Waals surface area contributed by atoms with E-state index in [-0.39, 0.29) is 0 Å². The van der Waals surface area contributed by atoms with E-state index in [1.807, 2.05) is 12.3 Å². The molecule has 2 aromatic heterocycles. The van der Waals surface area contributed by atoms with Gasteiger partial charge in [0.05, 0.1) is 11.4 Å². The van der Waals surface area contributed by atoms with Crippen molar-refractivity contribution in [1.82, 2.24) is 30.4 Å². The molecule has 304 valence electrons. The summed E-state index contributed by atoms with van der Waals surface area (Å²) in [5.41, 5.74) is 16.7.